The summed E-state index contributed by atoms with van der Waals surface area (Å²) in [4.78, 5) is 11.3. The summed E-state index contributed by atoms with van der Waals surface area (Å²) in [5, 5.41) is 6.22. The van der Waals surface area contributed by atoms with Crippen molar-refractivity contribution in [1.82, 2.24) is 10.6 Å². The van der Waals surface area contributed by atoms with Crippen LogP contribution in [0.2, 0.25) is 0 Å². The number of carbonyl (C=O) groups is 1. The average Bonchev–Trinajstić information content (AvgIpc) is 2.08. The fourth-order valence-corrected chi connectivity index (χ4v) is 1.58. The first-order valence-corrected chi connectivity index (χ1v) is 5.18. The summed E-state index contributed by atoms with van der Waals surface area (Å²) in [7, 11) is 0. The molecule has 0 radical (unpaired) electrons. The van der Waals surface area contributed by atoms with E-state index in [9.17, 15) is 4.79 Å². The maximum atomic E-state index is 11.3. The number of hydrogen-bond donors (Lipinski definition) is 2. The van der Waals surface area contributed by atoms with Crippen LogP contribution in [0.1, 0.15) is 26.7 Å². The van der Waals surface area contributed by atoms with E-state index >= 15 is 0 Å². The van der Waals surface area contributed by atoms with Crippen molar-refractivity contribution in [1.29, 1.82) is 0 Å². The zero-order valence-electron chi connectivity index (χ0n) is 8.60. The van der Waals surface area contributed by atoms with Crippen LogP contribution in [0.25, 0.3) is 0 Å². The van der Waals surface area contributed by atoms with E-state index in [1.165, 1.54) is 0 Å². The molecule has 76 valence electrons. The Morgan fingerprint density at radius 2 is 2.38 bits per heavy atom. The molecule has 1 fully saturated rings. The number of hydrogen-bond acceptors (Lipinski definition) is 2. The molecular weight excluding hydrogens is 164 g/mol. The van der Waals surface area contributed by atoms with Gasteiger partial charge in [0.15, 0.2) is 0 Å². The number of nitrogens with one attached hydrogen (secondary N) is 2. The van der Waals surface area contributed by atoms with Gasteiger partial charge in [0.05, 0.1) is 5.92 Å². The topological polar surface area (TPSA) is 41.1 Å². The van der Waals surface area contributed by atoms with E-state index in [0.717, 1.165) is 32.5 Å². The third-order valence-electron chi connectivity index (χ3n) is 2.34. The highest BCUT2D eigenvalue weighted by Crippen LogP contribution is 2.09. The van der Waals surface area contributed by atoms with Crippen LogP contribution in [0, 0.1) is 11.8 Å². The first kappa shape index (κ1) is 10.5. The third kappa shape index (κ3) is 3.77. The monoisotopic (exact) mass is 184 g/mol. The van der Waals surface area contributed by atoms with Gasteiger partial charge in [-0.1, -0.05) is 13.8 Å². The Morgan fingerprint density at radius 3 is 3.00 bits per heavy atom. The molecule has 0 aromatic carbocycles. The van der Waals surface area contributed by atoms with E-state index in [0.29, 0.717) is 5.92 Å². The molecular formula is C10H20N2O. The Hall–Kier alpha value is -0.570. The summed E-state index contributed by atoms with van der Waals surface area (Å²) in [6.07, 6.45) is 2.16. The van der Waals surface area contributed by atoms with Gasteiger partial charge in [0, 0.05) is 13.1 Å². The highest BCUT2D eigenvalue weighted by molar-refractivity contribution is 5.79. The normalized spacial score (nSPS) is 23.3. The number of carbonyl (C=O) groups excluding carboxylic acids is 1. The Morgan fingerprint density at radius 1 is 1.62 bits per heavy atom. The van der Waals surface area contributed by atoms with Crippen LogP contribution in [0.3, 0.4) is 0 Å². The highest BCUT2D eigenvalue weighted by Gasteiger charge is 2.20. The van der Waals surface area contributed by atoms with Crippen molar-refractivity contribution in [3.8, 4) is 0 Å². The summed E-state index contributed by atoms with van der Waals surface area (Å²) in [6, 6.07) is 0. The maximum absolute atomic E-state index is 11.3. The standard InChI is InChI=1S/C10H20N2O/c1-8(2)6-11-7-9-4-3-5-12-10(9)13/h8-9,11H,3-7H2,1-2H3,(H,12,13). The molecule has 2 N–H and O–H groups in total. The molecule has 1 unspecified atom stereocenters. The lowest BCUT2D eigenvalue weighted by atomic mass is 9.98. The van der Waals surface area contributed by atoms with Crippen LogP contribution >= 0.6 is 0 Å². The molecule has 1 saturated heterocycles. The molecule has 13 heavy (non-hydrogen) atoms. The van der Waals surface area contributed by atoms with Crippen molar-refractivity contribution in [2.45, 2.75) is 26.7 Å². The van der Waals surface area contributed by atoms with Gasteiger partial charge < -0.3 is 10.6 Å². The Labute approximate surface area is 80.3 Å². The van der Waals surface area contributed by atoms with E-state index in [1.54, 1.807) is 0 Å². The number of rotatable bonds is 4. The van der Waals surface area contributed by atoms with E-state index in [1.807, 2.05) is 0 Å². The van der Waals surface area contributed by atoms with Crippen molar-refractivity contribution in [3.05, 3.63) is 0 Å². The van der Waals surface area contributed by atoms with Gasteiger partial charge in [-0.15, -0.1) is 0 Å². The predicted octanol–water partition coefficient (Wildman–Crippen LogP) is 0.758. The summed E-state index contributed by atoms with van der Waals surface area (Å²) in [5.74, 6) is 1.08. The Bertz CT molecular complexity index is 168. The maximum Gasteiger partial charge on any atom is 0.224 e. The van der Waals surface area contributed by atoms with Crippen molar-refractivity contribution >= 4 is 5.91 Å². The lowest BCUT2D eigenvalue weighted by Gasteiger charge is -2.22. The van der Waals surface area contributed by atoms with Gasteiger partial charge in [0.1, 0.15) is 0 Å². The van der Waals surface area contributed by atoms with E-state index < -0.39 is 0 Å². The van der Waals surface area contributed by atoms with Crippen molar-refractivity contribution in [2.24, 2.45) is 11.8 Å². The predicted molar refractivity (Wildman–Crippen MR) is 53.4 cm³/mol. The molecule has 0 aromatic rings. The highest BCUT2D eigenvalue weighted by atomic mass is 16.1. The van der Waals surface area contributed by atoms with Crippen molar-refractivity contribution < 1.29 is 4.79 Å². The van der Waals surface area contributed by atoms with Gasteiger partial charge in [-0.05, 0) is 25.3 Å². The zero-order valence-corrected chi connectivity index (χ0v) is 8.60. The summed E-state index contributed by atoms with van der Waals surface area (Å²) < 4.78 is 0. The summed E-state index contributed by atoms with van der Waals surface area (Å²) in [6.45, 7) is 7.05. The first-order valence-electron chi connectivity index (χ1n) is 5.18. The lowest BCUT2D eigenvalue weighted by Crippen LogP contribution is -2.41. The number of amides is 1. The van der Waals surface area contributed by atoms with Gasteiger partial charge in [-0.25, -0.2) is 0 Å². The van der Waals surface area contributed by atoms with E-state index in [4.69, 9.17) is 0 Å². The second kappa shape index (κ2) is 5.22. The largest absolute Gasteiger partial charge is 0.356 e. The fraction of sp³-hybridized carbons (Fsp3) is 0.900. The van der Waals surface area contributed by atoms with Crippen LogP contribution in [0.4, 0.5) is 0 Å². The van der Waals surface area contributed by atoms with Crippen LogP contribution in [-0.2, 0) is 4.79 Å². The average molecular weight is 184 g/mol. The molecule has 1 heterocycles. The van der Waals surface area contributed by atoms with Crippen molar-refractivity contribution in [3.63, 3.8) is 0 Å². The number of piperidine rings is 1. The SMILES string of the molecule is CC(C)CNCC1CCCNC1=O. The minimum atomic E-state index is 0.201. The summed E-state index contributed by atoms with van der Waals surface area (Å²) >= 11 is 0. The third-order valence-corrected chi connectivity index (χ3v) is 2.34. The minimum Gasteiger partial charge on any atom is -0.356 e. The molecule has 0 aromatic heterocycles. The molecule has 1 aliphatic heterocycles. The molecule has 0 bridgehead atoms. The van der Waals surface area contributed by atoms with Crippen LogP contribution in [0.5, 0.6) is 0 Å². The van der Waals surface area contributed by atoms with Gasteiger partial charge >= 0.3 is 0 Å². The molecule has 3 heteroatoms. The van der Waals surface area contributed by atoms with Crippen LogP contribution in [0.15, 0.2) is 0 Å². The molecule has 0 saturated carbocycles. The Balaban J connectivity index is 2.15. The Kier molecular flexibility index (Phi) is 4.22. The minimum absolute atomic E-state index is 0.201. The summed E-state index contributed by atoms with van der Waals surface area (Å²) in [5.41, 5.74) is 0. The van der Waals surface area contributed by atoms with Gasteiger partial charge in [0.25, 0.3) is 0 Å². The molecule has 1 aliphatic rings. The van der Waals surface area contributed by atoms with Gasteiger partial charge in [-0.3, -0.25) is 4.79 Å². The van der Waals surface area contributed by atoms with E-state index in [2.05, 4.69) is 24.5 Å². The quantitative estimate of drug-likeness (QED) is 0.677. The molecule has 1 rings (SSSR count). The molecule has 1 amide bonds. The van der Waals surface area contributed by atoms with Gasteiger partial charge in [0.2, 0.25) is 5.91 Å². The van der Waals surface area contributed by atoms with Gasteiger partial charge in [-0.2, -0.15) is 0 Å². The molecule has 0 spiro atoms. The van der Waals surface area contributed by atoms with Crippen LogP contribution in [-0.4, -0.2) is 25.5 Å². The van der Waals surface area contributed by atoms with Crippen LogP contribution < -0.4 is 10.6 Å². The lowest BCUT2D eigenvalue weighted by molar-refractivity contribution is -0.126. The zero-order chi connectivity index (χ0) is 9.68. The smallest absolute Gasteiger partial charge is 0.224 e. The fourth-order valence-electron chi connectivity index (χ4n) is 1.58. The first-order chi connectivity index (χ1) is 6.20. The second-order valence-electron chi connectivity index (χ2n) is 4.18. The second-order valence-corrected chi connectivity index (χ2v) is 4.18. The molecule has 0 aliphatic carbocycles. The molecule has 3 nitrogen and oxygen atoms in total. The van der Waals surface area contributed by atoms with E-state index in [-0.39, 0.29) is 11.8 Å². The van der Waals surface area contributed by atoms with Crippen molar-refractivity contribution in [2.75, 3.05) is 19.6 Å². The molecule has 1 atom stereocenters.